The molecule has 1 heterocycles. The van der Waals surface area contributed by atoms with Gasteiger partial charge in [0, 0.05) is 11.8 Å². The average molecular weight is 397 g/mol. The number of nitrogens with one attached hydrogen (secondary N) is 1. The predicted molar refractivity (Wildman–Crippen MR) is 109 cm³/mol. The molecule has 0 saturated heterocycles. The summed E-state index contributed by atoms with van der Waals surface area (Å²) in [4.78, 5) is 28.8. The third kappa shape index (κ3) is 4.52. The summed E-state index contributed by atoms with van der Waals surface area (Å²) in [6.07, 6.45) is 0. The van der Waals surface area contributed by atoms with Crippen molar-refractivity contribution in [1.82, 2.24) is 9.55 Å². The molecule has 2 N–H and O–H groups in total. The van der Waals surface area contributed by atoms with Crippen LogP contribution in [0.2, 0.25) is 0 Å². The highest BCUT2D eigenvalue weighted by molar-refractivity contribution is 7.99. The third-order valence-corrected chi connectivity index (χ3v) is 4.86. The zero-order chi connectivity index (χ0) is 20.1. The van der Waals surface area contributed by atoms with Crippen molar-refractivity contribution in [2.45, 2.75) is 12.1 Å². The number of aromatic hydroxyl groups is 1. The lowest BCUT2D eigenvalue weighted by molar-refractivity contribution is -0.113. The van der Waals surface area contributed by atoms with Crippen molar-refractivity contribution in [3.8, 4) is 17.3 Å². The first-order chi connectivity index (χ1) is 13.5. The summed E-state index contributed by atoms with van der Waals surface area (Å²) >= 11 is 1.06. The number of thioether (sulfide) groups is 1. The minimum atomic E-state index is -0.419. The molecule has 0 saturated carbocycles. The number of aryl methyl sites for hydroxylation is 1. The van der Waals surface area contributed by atoms with Gasteiger partial charge in [-0.05, 0) is 30.7 Å². The summed E-state index contributed by atoms with van der Waals surface area (Å²) in [5, 5.41) is 12.7. The van der Waals surface area contributed by atoms with E-state index in [9.17, 15) is 14.7 Å². The molecule has 0 unspecified atom stereocenters. The number of rotatable bonds is 6. The maximum Gasteiger partial charge on any atom is 0.262 e. The van der Waals surface area contributed by atoms with Gasteiger partial charge in [-0.2, -0.15) is 4.98 Å². The topological polar surface area (TPSA) is 93.5 Å². The number of carbonyl (C=O) groups is 1. The minimum absolute atomic E-state index is 0.0129. The van der Waals surface area contributed by atoms with Crippen molar-refractivity contribution in [2.24, 2.45) is 0 Å². The molecule has 2 aromatic carbocycles. The van der Waals surface area contributed by atoms with Crippen LogP contribution in [0.3, 0.4) is 0 Å². The van der Waals surface area contributed by atoms with Crippen LogP contribution in [0.25, 0.3) is 5.69 Å². The van der Waals surface area contributed by atoms with Crippen LogP contribution in [0.4, 0.5) is 5.69 Å². The number of methoxy groups -OCH3 is 1. The number of hydrogen-bond acceptors (Lipinski definition) is 6. The van der Waals surface area contributed by atoms with E-state index in [0.29, 0.717) is 17.1 Å². The molecule has 0 fully saturated rings. The fraction of sp³-hybridized carbons (Fsp3) is 0.150. The summed E-state index contributed by atoms with van der Waals surface area (Å²) in [6.45, 7) is 1.87. The molecule has 1 amide bonds. The van der Waals surface area contributed by atoms with E-state index < -0.39 is 5.56 Å². The van der Waals surface area contributed by atoms with E-state index in [-0.39, 0.29) is 22.7 Å². The first-order valence-corrected chi connectivity index (χ1v) is 9.42. The van der Waals surface area contributed by atoms with Gasteiger partial charge < -0.3 is 15.2 Å². The molecule has 28 heavy (non-hydrogen) atoms. The standard InChI is InChI=1S/C20H19N3O4S/c1-13-6-3-4-9-16(13)23-19(26)11-17(24)22-20(23)28-12-18(25)21-14-7-5-8-15(10-14)27-2/h3-11,24H,12H2,1-2H3,(H,21,25). The SMILES string of the molecule is COc1cccc(NC(=O)CSc2nc(O)cc(=O)n2-c2ccccc2C)c1. The lowest BCUT2D eigenvalue weighted by Crippen LogP contribution is -2.22. The van der Waals surface area contributed by atoms with Crippen molar-refractivity contribution in [3.05, 3.63) is 70.5 Å². The Morgan fingerprint density at radius 2 is 2.00 bits per heavy atom. The number of aromatic nitrogens is 2. The number of carbonyl (C=O) groups excluding carboxylic acids is 1. The second-order valence-electron chi connectivity index (χ2n) is 5.93. The summed E-state index contributed by atoms with van der Waals surface area (Å²) < 4.78 is 6.52. The summed E-state index contributed by atoms with van der Waals surface area (Å²) in [5.74, 6) is -0.00915. The Morgan fingerprint density at radius 3 is 2.75 bits per heavy atom. The quantitative estimate of drug-likeness (QED) is 0.491. The van der Waals surface area contributed by atoms with E-state index in [1.807, 2.05) is 25.1 Å². The molecule has 0 aliphatic rings. The number of hydrogen-bond donors (Lipinski definition) is 2. The highest BCUT2D eigenvalue weighted by Crippen LogP contribution is 2.23. The fourth-order valence-corrected chi connectivity index (χ4v) is 3.42. The molecule has 8 heteroatoms. The molecule has 7 nitrogen and oxygen atoms in total. The molecular weight excluding hydrogens is 378 g/mol. The van der Waals surface area contributed by atoms with Crippen molar-refractivity contribution in [1.29, 1.82) is 0 Å². The van der Waals surface area contributed by atoms with Crippen molar-refractivity contribution in [3.63, 3.8) is 0 Å². The lowest BCUT2D eigenvalue weighted by Gasteiger charge is -2.13. The third-order valence-electron chi connectivity index (χ3n) is 3.92. The average Bonchev–Trinajstić information content (AvgIpc) is 2.67. The maximum absolute atomic E-state index is 12.5. The van der Waals surface area contributed by atoms with E-state index in [1.165, 1.54) is 4.57 Å². The molecule has 144 valence electrons. The van der Waals surface area contributed by atoms with Gasteiger partial charge in [-0.15, -0.1) is 0 Å². The van der Waals surface area contributed by atoms with Crippen LogP contribution in [0, 0.1) is 6.92 Å². The van der Waals surface area contributed by atoms with Gasteiger partial charge in [0.1, 0.15) is 5.75 Å². The molecular formula is C20H19N3O4S. The van der Waals surface area contributed by atoms with Crippen LogP contribution in [-0.4, -0.2) is 33.4 Å². The second kappa shape index (κ2) is 8.62. The number of ether oxygens (including phenoxy) is 1. The highest BCUT2D eigenvalue weighted by atomic mass is 32.2. The van der Waals surface area contributed by atoms with Crippen LogP contribution >= 0.6 is 11.8 Å². The van der Waals surface area contributed by atoms with E-state index in [1.54, 1.807) is 37.4 Å². The van der Waals surface area contributed by atoms with Crippen molar-refractivity contribution in [2.75, 3.05) is 18.2 Å². The van der Waals surface area contributed by atoms with E-state index in [4.69, 9.17) is 4.74 Å². The molecule has 3 rings (SSSR count). The molecule has 0 aliphatic carbocycles. The van der Waals surface area contributed by atoms with Gasteiger partial charge >= 0.3 is 0 Å². The Hall–Kier alpha value is -3.26. The number of para-hydroxylation sites is 1. The monoisotopic (exact) mass is 397 g/mol. The number of nitrogens with zero attached hydrogens (tertiary/aromatic N) is 2. The van der Waals surface area contributed by atoms with Gasteiger partial charge in [0.2, 0.25) is 11.8 Å². The van der Waals surface area contributed by atoms with E-state index in [0.717, 1.165) is 23.4 Å². The fourth-order valence-electron chi connectivity index (χ4n) is 2.61. The maximum atomic E-state index is 12.5. The van der Waals surface area contributed by atoms with Crippen LogP contribution in [-0.2, 0) is 4.79 Å². The highest BCUT2D eigenvalue weighted by Gasteiger charge is 2.14. The first kappa shape index (κ1) is 19.5. The normalized spacial score (nSPS) is 10.5. The Labute approximate surface area is 166 Å². The molecule has 3 aromatic rings. The molecule has 0 atom stereocenters. The lowest BCUT2D eigenvalue weighted by atomic mass is 10.2. The van der Waals surface area contributed by atoms with Crippen molar-refractivity contribution >= 4 is 23.4 Å². The van der Waals surface area contributed by atoms with E-state index >= 15 is 0 Å². The Balaban J connectivity index is 1.81. The zero-order valence-corrected chi connectivity index (χ0v) is 16.2. The van der Waals surface area contributed by atoms with Crippen LogP contribution < -0.4 is 15.6 Å². The summed E-state index contributed by atoms with van der Waals surface area (Å²) in [7, 11) is 1.55. The molecule has 0 radical (unpaired) electrons. The molecule has 0 spiro atoms. The summed E-state index contributed by atoms with van der Waals surface area (Å²) in [5.41, 5.74) is 1.71. The Kier molecular flexibility index (Phi) is 6.00. The van der Waals surface area contributed by atoms with Crippen LogP contribution in [0.1, 0.15) is 5.56 Å². The molecule has 0 aliphatic heterocycles. The number of amides is 1. The van der Waals surface area contributed by atoms with E-state index in [2.05, 4.69) is 10.3 Å². The van der Waals surface area contributed by atoms with Gasteiger partial charge in [-0.1, -0.05) is 36.0 Å². The molecule has 1 aromatic heterocycles. The number of benzene rings is 2. The van der Waals surface area contributed by atoms with Gasteiger partial charge in [-0.3, -0.25) is 14.2 Å². The molecule has 0 bridgehead atoms. The largest absolute Gasteiger partial charge is 0.497 e. The minimum Gasteiger partial charge on any atom is -0.497 e. The zero-order valence-electron chi connectivity index (χ0n) is 15.4. The Morgan fingerprint density at radius 1 is 1.21 bits per heavy atom. The first-order valence-electron chi connectivity index (χ1n) is 8.43. The summed E-state index contributed by atoms with van der Waals surface area (Å²) in [6, 6.07) is 15.4. The van der Waals surface area contributed by atoms with Gasteiger partial charge in [0.05, 0.1) is 24.6 Å². The van der Waals surface area contributed by atoms with Crippen LogP contribution in [0.5, 0.6) is 11.6 Å². The van der Waals surface area contributed by atoms with Crippen LogP contribution in [0.15, 0.2) is 64.5 Å². The number of anilines is 1. The predicted octanol–water partition coefficient (Wildman–Crippen LogP) is 2.99. The van der Waals surface area contributed by atoms with Gasteiger partial charge in [0.15, 0.2) is 5.16 Å². The van der Waals surface area contributed by atoms with Gasteiger partial charge in [0.25, 0.3) is 5.56 Å². The smallest absolute Gasteiger partial charge is 0.262 e. The van der Waals surface area contributed by atoms with Gasteiger partial charge in [-0.25, -0.2) is 0 Å². The van der Waals surface area contributed by atoms with Crippen molar-refractivity contribution < 1.29 is 14.6 Å². The Bertz CT molecular complexity index is 1070. The second-order valence-corrected chi connectivity index (χ2v) is 6.87.